The fourth-order valence-electron chi connectivity index (χ4n) is 1.65. The smallest absolute Gasteiger partial charge is 0.238 e. The van der Waals surface area contributed by atoms with Gasteiger partial charge in [0.2, 0.25) is 5.91 Å². The maximum Gasteiger partial charge on any atom is 0.238 e. The van der Waals surface area contributed by atoms with E-state index in [0.717, 1.165) is 6.54 Å². The number of nitrogens with zero attached hydrogens (tertiary/aromatic N) is 2. The molecule has 0 unspecified atom stereocenters. The Morgan fingerprint density at radius 1 is 1.46 bits per heavy atom. The quantitative estimate of drug-likeness (QED) is 0.668. The van der Waals surface area contributed by atoms with E-state index in [2.05, 4.69) is 25.8 Å². The summed E-state index contributed by atoms with van der Waals surface area (Å²) < 4.78 is 0. The first kappa shape index (κ1) is 10.5. The van der Waals surface area contributed by atoms with Crippen LogP contribution in [0.1, 0.15) is 27.2 Å². The highest BCUT2D eigenvalue weighted by atomic mass is 16.2. The highest BCUT2D eigenvalue weighted by Crippen LogP contribution is 2.22. The van der Waals surface area contributed by atoms with Crippen LogP contribution in [0.15, 0.2) is 0 Å². The van der Waals surface area contributed by atoms with Crippen molar-refractivity contribution in [2.24, 2.45) is 5.73 Å². The molecule has 4 heteroatoms. The topological polar surface area (TPSA) is 49.6 Å². The van der Waals surface area contributed by atoms with Crippen molar-refractivity contribution in [2.45, 2.75) is 32.7 Å². The van der Waals surface area contributed by atoms with Crippen molar-refractivity contribution in [3.8, 4) is 0 Å². The standard InChI is InChI=1S/C9H19N3O/c1-9(2,3)12-6-4-8(13)11(12)7-5-10/h4-7,10H2,1-3H3. The van der Waals surface area contributed by atoms with Gasteiger partial charge >= 0.3 is 0 Å². The molecule has 13 heavy (non-hydrogen) atoms. The Bertz CT molecular complexity index is 198. The van der Waals surface area contributed by atoms with Gasteiger partial charge in [-0.05, 0) is 20.8 Å². The summed E-state index contributed by atoms with van der Waals surface area (Å²) in [6.45, 7) is 8.30. The first-order valence-corrected chi connectivity index (χ1v) is 4.75. The van der Waals surface area contributed by atoms with E-state index in [1.54, 1.807) is 5.01 Å². The number of hydrogen-bond acceptors (Lipinski definition) is 3. The van der Waals surface area contributed by atoms with Crippen LogP contribution < -0.4 is 5.73 Å². The maximum atomic E-state index is 11.4. The molecule has 0 aromatic rings. The lowest BCUT2D eigenvalue weighted by atomic mass is 10.1. The van der Waals surface area contributed by atoms with Gasteiger partial charge in [-0.3, -0.25) is 9.80 Å². The minimum Gasteiger partial charge on any atom is -0.329 e. The van der Waals surface area contributed by atoms with Gasteiger partial charge < -0.3 is 5.73 Å². The first-order valence-electron chi connectivity index (χ1n) is 4.75. The van der Waals surface area contributed by atoms with E-state index >= 15 is 0 Å². The van der Waals surface area contributed by atoms with Crippen LogP contribution in [0.25, 0.3) is 0 Å². The zero-order valence-electron chi connectivity index (χ0n) is 8.71. The Hall–Kier alpha value is -0.610. The van der Waals surface area contributed by atoms with Crippen LogP contribution in [-0.4, -0.2) is 41.1 Å². The van der Waals surface area contributed by atoms with Crippen molar-refractivity contribution in [3.05, 3.63) is 0 Å². The normalized spacial score (nSPS) is 20.0. The number of rotatable bonds is 2. The predicted octanol–water partition coefficient (Wildman–Crippen LogP) is 0.193. The predicted molar refractivity (Wildman–Crippen MR) is 51.8 cm³/mol. The largest absolute Gasteiger partial charge is 0.329 e. The molecule has 1 aliphatic heterocycles. The zero-order chi connectivity index (χ0) is 10.1. The molecule has 0 aromatic heterocycles. The van der Waals surface area contributed by atoms with Gasteiger partial charge in [0.25, 0.3) is 0 Å². The molecule has 1 amide bonds. The van der Waals surface area contributed by atoms with Crippen LogP contribution in [-0.2, 0) is 4.79 Å². The third kappa shape index (κ3) is 2.19. The Kier molecular flexibility index (Phi) is 2.93. The fraction of sp³-hybridized carbons (Fsp3) is 0.889. The van der Waals surface area contributed by atoms with E-state index in [-0.39, 0.29) is 11.4 Å². The van der Waals surface area contributed by atoms with Gasteiger partial charge in [-0.1, -0.05) is 0 Å². The summed E-state index contributed by atoms with van der Waals surface area (Å²) in [6, 6.07) is 0. The average molecular weight is 185 g/mol. The lowest BCUT2D eigenvalue weighted by Gasteiger charge is -2.38. The van der Waals surface area contributed by atoms with Crippen LogP contribution in [0.4, 0.5) is 0 Å². The van der Waals surface area contributed by atoms with Gasteiger partial charge in [-0.15, -0.1) is 0 Å². The second-order valence-corrected chi connectivity index (χ2v) is 4.35. The molecule has 76 valence electrons. The van der Waals surface area contributed by atoms with Gasteiger partial charge in [0.1, 0.15) is 0 Å². The van der Waals surface area contributed by atoms with Crippen molar-refractivity contribution >= 4 is 5.91 Å². The molecular formula is C9H19N3O. The molecule has 1 fully saturated rings. The van der Waals surface area contributed by atoms with Crippen molar-refractivity contribution in [2.75, 3.05) is 19.6 Å². The first-order chi connectivity index (χ1) is 5.96. The zero-order valence-corrected chi connectivity index (χ0v) is 8.71. The molecule has 1 rings (SSSR count). The number of carbonyl (C=O) groups is 1. The monoisotopic (exact) mass is 185 g/mol. The molecule has 0 radical (unpaired) electrons. The lowest BCUT2D eigenvalue weighted by Crippen LogP contribution is -2.51. The minimum absolute atomic E-state index is 0.0152. The summed E-state index contributed by atoms with van der Waals surface area (Å²) in [5.41, 5.74) is 5.47. The Balaban J connectivity index is 2.69. The third-order valence-corrected chi connectivity index (χ3v) is 2.23. The molecule has 0 saturated carbocycles. The van der Waals surface area contributed by atoms with Crippen molar-refractivity contribution in [3.63, 3.8) is 0 Å². The summed E-state index contributed by atoms with van der Waals surface area (Å²) in [6.07, 6.45) is 0.622. The molecule has 0 atom stereocenters. The molecule has 4 nitrogen and oxygen atoms in total. The van der Waals surface area contributed by atoms with Gasteiger partial charge in [0.05, 0.1) is 0 Å². The minimum atomic E-state index is 0.0152. The third-order valence-electron chi connectivity index (χ3n) is 2.23. The summed E-state index contributed by atoms with van der Waals surface area (Å²) >= 11 is 0. The van der Waals surface area contributed by atoms with Crippen molar-refractivity contribution < 1.29 is 4.79 Å². The van der Waals surface area contributed by atoms with Gasteiger partial charge in [0.15, 0.2) is 0 Å². The molecular weight excluding hydrogens is 166 g/mol. The van der Waals surface area contributed by atoms with Crippen LogP contribution in [0.3, 0.4) is 0 Å². The molecule has 1 heterocycles. The Labute approximate surface area is 79.6 Å². The summed E-state index contributed by atoms with van der Waals surface area (Å²) in [5, 5.41) is 3.88. The molecule has 2 N–H and O–H groups in total. The molecule has 1 aliphatic rings. The molecule has 0 spiro atoms. The van der Waals surface area contributed by atoms with E-state index in [1.165, 1.54) is 0 Å². The number of amides is 1. The van der Waals surface area contributed by atoms with Crippen LogP contribution in [0.5, 0.6) is 0 Å². The molecule has 1 saturated heterocycles. The van der Waals surface area contributed by atoms with E-state index in [0.29, 0.717) is 19.5 Å². The van der Waals surface area contributed by atoms with Crippen LogP contribution in [0.2, 0.25) is 0 Å². The van der Waals surface area contributed by atoms with Gasteiger partial charge in [0, 0.05) is 31.6 Å². The summed E-state index contributed by atoms with van der Waals surface area (Å²) in [7, 11) is 0. The maximum absolute atomic E-state index is 11.4. The second kappa shape index (κ2) is 3.64. The van der Waals surface area contributed by atoms with Crippen molar-refractivity contribution in [1.82, 2.24) is 10.0 Å². The average Bonchev–Trinajstić information content (AvgIpc) is 2.32. The highest BCUT2D eigenvalue weighted by Gasteiger charge is 2.35. The Morgan fingerprint density at radius 2 is 2.08 bits per heavy atom. The molecule has 0 aromatic carbocycles. The molecule has 0 bridgehead atoms. The highest BCUT2D eigenvalue weighted by molar-refractivity contribution is 5.77. The number of nitrogens with two attached hydrogens (primary N) is 1. The Morgan fingerprint density at radius 3 is 2.54 bits per heavy atom. The fourth-order valence-corrected chi connectivity index (χ4v) is 1.65. The van der Waals surface area contributed by atoms with Crippen molar-refractivity contribution in [1.29, 1.82) is 0 Å². The van der Waals surface area contributed by atoms with E-state index in [1.807, 2.05) is 0 Å². The summed E-state index contributed by atoms with van der Waals surface area (Å²) in [4.78, 5) is 11.4. The van der Waals surface area contributed by atoms with Crippen LogP contribution >= 0.6 is 0 Å². The lowest BCUT2D eigenvalue weighted by molar-refractivity contribution is -0.144. The number of carbonyl (C=O) groups excluding carboxylic acids is 1. The van der Waals surface area contributed by atoms with Gasteiger partial charge in [-0.2, -0.15) is 0 Å². The van der Waals surface area contributed by atoms with E-state index in [9.17, 15) is 4.79 Å². The van der Waals surface area contributed by atoms with Crippen LogP contribution in [0, 0.1) is 0 Å². The number of hydrogen-bond donors (Lipinski definition) is 1. The van der Waals surface area contributed by atoms with E-state index in [4.69, 9.17) is 5.73 Å². The van der Waals surface area contributed by atoms with Gasteiger partial charge in [-0.25, -0.2) is 5.01 Å². The SMILES string of the molecule is CC(C)(C)N1CCC(=O)N1CCN. The van der Waals surface area contributed by atoms with E-state index < -0.39 is 0 Å². The molecule has 0 aliphatic carbocycles. The number of hydrazine groups is 1. The second-order valence-electron chi connectivity index (χ2n) is 4.35. The summed E-state index contributed by atoms with van der Waals surface area (Å²) in [5.74, 6) is 0.195.